The zero-order valence-corrected chi connectivity index (χ0v) is 11.0. The third-order valence-corrected chi connectivity index (χ3v) is 3.64. The topological polar surface area (TPSA) is 0 Å². The lowest BCUT2D eigenvalue weighted by Crippen LogP contribution is -1.82. The zero-order valence-electron chi connectivity index (χ0n) is 9.53. The molecule has 0 aromatic heterocycles. The van der Waals surface area contributed by atoms with Gasteiger partial charge in [0.2, 0.25) is 0 Å². The van der Waals surface area contributed by atoms with Crippen LogP contribution in [-0.4, -0.2) is 0 Å². The average molecular weight is 273 g/mol. The van der Waals surface area contributed by atoms with Crippen molar-refractivity contribution in [2.75, 3.05) is 0 Å². The molecule has 0 N–H and O–H groups in total. The lowest BCUT2D eigenvalue weighted by Gasteiger charge is -2.08. The van der Waals surface area contributed by atoms with Crippen molar-refractivity contribution in [1.82, 2.24) is 0 Å². The molecule has 0 saturated carbocycles. The van der Waals surface area contributed by atoms with Crippen molar-refractivity contribution in [3.8, 4) is 11.1 Å². The van der Waals surface area contributed by atoms with E-state index in [1.54, 1.807) is 0 Å². The molecule has 0 amide bonds. The van der Waals surface area contributed by atoms with Crippen LogP contribution in [0.4, 0.5) is 0 Å². The predicted octanol–water partition coefficient (Wildman–Crippen LogP) is 5.81. The Bertz CT molecular complexity index is 717. The van der Waals surface area contributed by atoms with Crippen LogP contribution in [0.3, 0.4) is 0 Å². The third-order valence-electron chi connectivity index (χ3n) is 3.00. The van der Waals surface area contributed by atoms with Gasteiger partial charge in [-0.05, 0) is 29.0 Å². The summed E-state index contributed by atoms with van der Waals surface area (Å²) in [5.41, 5.74) is 1.94. The Morgan fingerprint density at radius 2 is 1.17 bits per heavy atom. The van der Waals surface area contributed by atoms with Gasteiger partial charge in [0.15, 0.2) is 0 Å². The van der Waals surface area contributed by atoms with E-state index < -0.39 is 0 Å². The van der Waals surface area contributed by atoms with Gasteiger partial charge < -0.3 is 0 Å². The summed E-state index contributed by atoms with van der Waals surface area (Å²) in [6.45, 7) is 0. The van der Waals surface area contributed by atoms with Crippen LogP contribution in [-0.2, 0) is 0 Å². The largest absolute Gasteiger partial charge is 0.0837 e. The summed E-state index contributed by atoms with van der Waals surface area (Å²) in [4.78, 5) is 0. The second kappa shape index (κ2) is 4.64. The van der Waals surface area contributed by atoms with Gasteiger partial charge in [0.1, 0.15) is 0 Å². The Hall–Kier alpha value is -1.50. The maximum atomic E-state index is 6.35. The van der Waals surface area contributed by atoms with E-state index >= 15 is 0 Å². The van der Waals surface area contributed by atoms with E-state index in [-0.39, 0.29) is 0 Å². The predicted molar refractivity (Wildman–Crippen MR) is 79.4 cm³/mol. The minimum absolute atomic E-state index is 0.717. The minimum Gasteiger partial charge on any atom is -0.0837 e. The number of benzene rings is 3. The molecule has 0 aliphatic rings. The molecular weight excluding hydrogens is 263 g/mol. The highest BCUT2D eigenvalue weighted by Crippen LogP contribution is 2.35. The second-order valence-corrected chi connectivity index (χ2v) is 4.97. The molecule has 0 atom stereocenters. The molecule has 0 fully saturated rings. The van der Waals surface area contributed by atoms with Gasteiger partial charge in [-0.1, -0.05) is 65.7 Å². The Morgan fingerprint density at radius 1 is 0.556 bits per heavy atom. The van der Waals surface area contributed by atoms with E-state index in [4.69, 9.17) is 23.2 Å². The fourth-order valence-electron chi connectivity index (χ4n) is 2.10. The quantitative estimate of drug-likeness (QED) is 0.524. The fraction of sp³-hybridized carbons (Fsp3) is 0. The van der Waals surface area contributed by atoms with Gasteiger partial charge >= 0.3 is 0 Å². The van der Waals surface area contributed by atoms with E-state index in [1.807, 2.05) is 42.5 Å². The third kappa shape index (κ3) is 1.98. The summed E-state index contributed by atoms with van der Waals surface area (Å²) in [7, 11) is 0. The first-order valence-corrected chi connectivity index (χ1v) is 6.44. The van der Waals surface area contributed by atoms with Crippen molar-refractivity contribution in [1.29, 1.82) is 0 Å². The van der Waals surface area contributed by atoms with Gasteiger partial charge in [-0.25, -0.2) is 0 Å². The lowest BCUT2D eigenvalue weighted by atomic mass is 10.0. The van der Waals surface area contributed by atoms with Gasteiger partial charge in [-0.15, -0.1) is 0 Å². The standard InChI is InChI=1S/C16H10Cl2/c17-15-8-4-3-7-13(15)14-9-11-5-1-2-6-12(11)10-16(14)18/h1-10H. The van der Waals surface area contributed by atoms with Crippen molar-refractivity contribution in [2.24, 2.45) is 0 Å². The molecule has 0 aliphatic carbocycles. The molecular formula is C16H10Cl2. The highest BCUT2D eigenvalue weighted by atomic mass is 35.5. The van der Waals surface area contributed by atoms with Crippen LogP contribution in [0.2, 0.25) is 10.0 Å². The number of hydrogen-bond donors (Lipinski definition) is 0. The van der Waals surface area contributed by atoms with Gasteiger partial charge in [0.05, 0.1) is 0 Å². The Labute approximate surface area is 116 Å². The van der Waals surface area contributed by atoms with Crippen LogP contribution < -0.4 is 0 Å². The van der Waals surface area contributed by atoms with E-state index in [9.17, 15) is 0 Å². The highest BCUT2D eigenvalue weighted by Gasteiger charge is 2.08. The van der Waals surface area contributed by atoms with Crippen molar-refractivity contribution in [3.05, 3.63) is 70.7 Å². The van der Waals surface area contributed by atoms with Crippen molar-refractivity contribution in [3.63, 3.8) is 0 Å². The normalized spacial score (nSPS) is 10.8. The molecule has 0 nitrogen and oxygen atoms in total. The van der Waals surface area contributed by atoms with Crippen LogP contribution in [0.15, 0.2) is 60.7 Å². The van der Waals surface area contributed by atoms with Gasteiger partial charge in [-0.2, -0.15) is 0 Å². The summed E-state index contributed by atoms with van der Waals surface area (Å²) < 4.78 is 0. The average Bonchev–Trinajstić information content (AvgIpc) is 2.39. The van der Waals surface area contributed by atoms with Crippen molar-refractivity contribution >= 4 is 34.0 Å². The number of halogens is 2. The first-order valence-electron chi connectivity index (χ1n) is 5.69. The molecule has 18 heavy (non-hydrogen) atoms. The van der Waals surface area contributed by atoms with Gasteiger partial charge in [0.25, 0.3) is 0 Å². The van der Waals surface area contributed by atoms with Gasteiger partial charge in [0, 0.05) is 21.2 Å². The van der Waals surface area contributed by atoms with Crippen molar-refractivity contribution in [2.45, 2.75) is 0 Å². The van der Waals surface area contributed by atoms with E-state index in [0.29, 0.717) is 0 Å². The maximum Gasteiger partial charge on any atom is 0.0491 e. The summed E-state index contributed by atoms with van der Waals surface area (Å²) in [5.74, 6) is 0. The van der Waals surface area contributed by atoms with Crippen LogP contribution >= 0.6 is 23.2 Å². The maximum absolute atomic E-state index is 6.35. The fourth-order valence-corrected chi connectivity index (χ4v) is 2.61. The molecule has 0 aliphatic heterocycles. The van der Waals surface area contributed by atoms with Crippen molar-refractivity contribution < 1.29 is 0 Å². The Kier molecular flexibility index (Phi) is 2.99. The summed E-state index contributed by atoms with van der Waals surface area (Å²) in [5, 5.41) is 3.74. The van der Waals surface area contributed by atoms with Crippen LogP contribution in [0.25, 0.3) is 21.9 Å². The van der Waals surface area contributed by atoms with Crippen LogP contribution in [0, 0.1) is 0 Å². The highest BCUT2D eigenvalue weighted by molar-refractivity contribution is 6.37. The molecule has 0 spiro atoms. The molecule has 2 heteroatoms. The lowest BCUT2D eigenvalue weighted by molar-refractivity contribution is 1.64. The molecule has 0 saturated heterocycles. The number of hydrogen-bond acceptors (Lipinski definition) is 0. The Morgan fingerprint density at radius 3 is 1.89 bits per heavy atom. The molecule has 3 rings (SSSR count). The monoisotopic (exact) mass is 272 g/mol. The smallest absolute Gasteiger partial charge is 0.0491 e. The minimum atomic E-state index is 0.717. The first-order chi connectivity index (χ1) is 8.75. The SMILES string of the molecule is Clc1ccccc1-c1cc2ccccc2cc1Cl. The molecule has 0 radical (unpaired) electrons. The number of rotatable bonds is 1. The Balaban J connectivity index is 2.30. The second-order valence-electron chi connectivity index (χ2n) is 4.16. The van der Waals surface area contributed by atoms with E-state index in [0.717, 1.165) is 31.9 Å². The summed E-state index contributed by atoms with van der Waals surface area (Å²) in [6.07, 6.45) is 0. The van der Waals surface area contributed by atoms with Crippen LogP contribution in [0.5, 0.6) is 0 Å². The summed E-state index contributed by atoms with van der Waals surface area (Å²) in [6, 6.07) is 20.0. The summed E-state index contributed by atoms with van der Waals surface area (Å²) >= 11 is 12.6. The molecule has 0 heterocycles. The molecule has 3 aromatic rings. The zero-order chi connectivity index (χ0) is 12.5. The van der Waals surface area contributed by atoms with Gasteiger partial charge in [-0.3, -0.25) is 0 Å². The van der Waals surface area contributed by atoms with Crippen LogP contribution in [0.1, 0.15) is 0 Å². The van der Waals surface area contributed by atoms with E-state index in [1.165, 1.54) is 0 Å². The number of fused-ring (bicyclic) bond motifs is 1. The molecule has 0 bridgehead atoms. The molecule has 0 unspecified atom stereocenters. The van der Waals surface area contributed by atoms with E-state index in [2.05, 4.69) is 18.2 Å². The molecule has 3 aromatic carbocycles. The molecule has 88 valence electrons. The first kappa shape index (κ1) is 11.6.